The molecule has 12 heavy (non-hydrogen) atoms. The number of nitrogens with zero attached hydrogens (tertiary/aromatic N) is 1. The minimum absolute atomic E-state index is 0.148. The summed E-state index contributed by atoms with van der Waals surface area (Å²) < 4.78 is 5.31. The standard InChI is InChI=1S/C9H14N2O/c1-9(2)5-3-4-6-7(9)11-8(10)12-6/h3-5H2,1-2H3,(H2,10,11). The lowest BCUT2D eigenvalue weighted by atomic mass is 9.78. The zero-order valence-corrected chi connectivity index (χ0v) is 7.55. The molecule has 2 N–H and O–H groups in total. The van der Waals surface area contributed by atoms with Crippen LogP contribution in [0.2, 0.25) is 0 Å². The summed E-state index contributed by atoms with van der Waals surface area (Å²) in [7, 11) is 0. The maximum Gasteiger partial charge on any atom is 0.292 e. The summed E-state index contributed by atoms with van der Waals surface area (Å²) in [6.45, 7) is 4.37. The fraction of sp³-hybridized carbons (Fsp3) is 0.667. The zero-order valence-electron chi connectivity index (χ0n) is 7.55. The van der Waals surface area contributed by atoms with Crippen molar-refractivity contribution in [3.05, 3.63) is 11.5 Å². The van der Waals surface area contributed by atoms with Gasteiger partial charge in [0, 0.05) is 11.8 Å². The second kappa shape index (κ2) is 2.25. The molecule has 3 nitrogen and oxygen atoms in total. The van der Waals surface area contributed by atoms with Gasteiger partial charge in [-0.3, -0.25) is 0 Å². The number of aryl methyl sites for hydroxylation is 1. The fourth-order valence-corrected chi connectivity index (χ4v) is 1.88. The molecule has 0 spiro atoms. The average molecular weight is 166 g/mol. The molecule has 0 bridgehead atoms. The van der Waals surface area contributed by atoms with Gasteiger partial charge in [-0.25, -0.2) is 0 Å². The van der Waals surface area contributed by atoms with Gasteiger partial charge in [0.15, 0.2) is 0 Å². The molecule has 0 amide bonds. The van der Waals surface area contributed by atoms with Crippen molar-refractivity contribution in [2.24, 2.45) is 0 Å². The van der Waals surface area contributed by atoms with Gasteiger partial charge in [-0.15, -0.1) is 0 Å². The largest absolute Gasteiger partial charge is 0.429 e. The number of rotatable bonds is 0. The predicted octanol–water partition coefficient (Wildman–Crippen LogP) is 1.87. The zero-order chi connectivity index (χ0) is 8.77. The highest BCUT2D eigenvalue weighted by molar-refractivity contribution is 5.28. The van der Waals surface area contributed by atoms with Crippen molar-refractivity contribution in [1.29, 1.82) is 0 Å². The van der Waals surface area contributed by atoms with E-state index in [2.05, 4.69) is 18.8 Å². The topological polar surface area (TPSA) is 52.0 Å². The number of hydrogen-bond acceptors (Lipinski definition) is 3. The van der Waals surface area contributed by atoms with Crippen molar-refractivity contribution in [2.45, 2.75) is 38.5 Å². The number of fused-ring (bicyclic) bond motifs is 1. The Hall–Kier alpha value is -0.990. The Labute approximate surface area is 72.0 Å². The highest BCUT2D eigenvalue weighted by atomic mass is 16.4. The molecule has 2 rings (SSSR count). The van der Waals surface area contributed by atoms with Crippen LogP contribution in [0.4, 0.5) is 6.01 Å². The Morgan fingerprint density at radius 1 is 1.50 bits per heavy atom. The van der Waals surface area contributed by atoms with E-state index in [0.717, 1.165) is 17.9 Å². The summed E-state index contributed by atoms with van der Waals surface area (Å²) in [4.78, 5) is 4.22. The van der Waals surface area contributed by atoms with Gasteiger partial charge in [0.25, 0.3) is 6.01 Å². The highest BCUT2D eigenvalue weighted by Crippen LogP contribution is 2.36. The first-order chi connectivity index (χ1) is 5.59. The Kier molecular flexibility index (Phi) is 1.43. The van der Waals surface area contributed by atoms with Crippen molar-refractivity contribution in [3.8, 4) is 0 Å². The maximum atomic E-state index is 5.50. The molecule has 1 heterocycles. The third kappa shape index (κ3) is 1.00. The van der Waals surface area contributed by atoms with Crippen LogP contribution in [0.3, 0.4) is 0 Å². The SMILES string of the molecule is CC1(C)CCCc2oc(N)nc21. The molecule has 1 aromatic heterocycles. The van der Waals surface area contributed by atoms with Gasteiger partial charge in [0.2, 0.25) is 0 Å². The number of hydrogen-bond donors (Lipinski definition) is 1. The molecule has 1 aliphatic rings. The van der Waals surface area contributed by atoms with Gasteiger partial charge >= 0.3 is 0 Å². The molecule has 0 unspecified atom stereocenters. The van der Waals surface area contributed by atoms with Gasteiger partial charge in [0.1, 0.15) is 5.76 Å². The first kappa shape index (κ1) is 7.65. The Morgan fingerprint density at radius 2 is 2.25 bits per heavy atom. The number of anilines is 1. The third-order valence-corrected chi connectivity index (χ3v) is 2.56. The van der Waals surface area contributed by atoms with Crippen molar-refractivity contribution in [3.63, 3.8) is 0 Å². The molecule has 0 saturated heterocycles. The number of nitrogen functional groups attached to an aromatic ring is 1. The van der Waals surface area contributed by atoms with Crippen LogP contribution in [0.15, 0.2) is 4.42 Å². The van der Waals surface area contributed by atoms with Gasteiger partial charge in [0.05, 0.1) is 5.69 Å². The van der Waals surface area contributed by atoms with Gasteiger partial charge < -0.3 is 10.2 Å². The summed E-state index contributed by atoms with van der Waals surface area (Å²) in [6.07, 6.45) is 3.34. The van der Waals surface area contributed by atoms with Crippen LogP contribution in [-0.4, -0.2) is 4.98 Å². The minimum Gasteiger partial charge on any atom is -0.429 e. The molecule has 1 aliphatic carbocycles. The highest BCUT2D eigenvalue weighted by Gasteiger charge is 2.31. The van der Waals surface area contributed by atoms with Crippen molar-refractivity contribution in [2.75, 3.05) is 5.73 Å². The number of nitrogens with two attached hydrogens (primary N) is 1. The first-order valence-corrected chi connectivity index (χ1v) is 4.35. The summed E-state index contributed by atoms with van der Waals surface area (Å²) in [5, 5.41) is 0. The van der Waals surface area contributed by atoms with Crippen LogP contribution in [0.25, 0.3) is 0 Å². The second-order valence-electron chi connectivity index (χ2n) is 4.06. The molecule has 1 aromatic rings. The predicted molar refractivity (Wildman–Crippen MR) is 46.9 cm³/mol. The van der Waals surface area contributed by atoms with Crippen LogP contribution in [0.5, 0.6) is 0 Å². The first-order valence-electron chi connectivity index (χ1n) is 4.35. The van der Waals surface area contributed by atoms with Gasteiger partial charge in [-0.05, 0) is 12.8 Å². The van der Waals surface area contributed by atoms with E-state index in [9.17, 15) is 0 Å². The molecular weight excluding hydrogens is 152 g/mol. The van der Waals surface area contributed by atoms with Crippen molar-refractivity contribution in [1.82, 2.24) is 4.98 Å². The Morgan fingerprint density at radius 3 is 2.92 bits per heavy atom. The summed E-state index contributed by atoms with van der Waals surface area (Å²) in [6, 6.07) is 0.315. The van der Waals surface area contributed by atoms with E-state index in [1.54, 1.807) is 0 Å². The summed E-state index contributed by atoms with van der Waals surface area (Å²) in [5.74, 6) is 0.990. The van der Waals surface area contributed by atoms with Crippen molar-refractivity contribution < 1.29 is 4.42 Å². The van der Waals surface area contributed by atoms with Gasteiger partial charge in [-0.2, -0.15) is 4.98 Å². The maximum absolute atomic E-state index is 5.50. The van der Waals surface area contributed by atoms with Gasteiger partial charge in [-0.1, -0.05) is 13.8 Å². The molecule has 0 aromatic carbocycles. The lowest BCUT2D eigenvalue weighted by Gasteiger charge is -2.26. The van der Waals surface area contributed by atoms with E-state index in [-0.39, 0.29) is 5.41 Å². The Balaban J connectivity index is 2.51. The summed E-state index contributed by atoms with van der Waals surface area (Å²) >= 11 is 0. The smallest absolute Gasteiger partial charge is 0.292 e. The monoisotopic (exact) mass is 166 g/mol. The van der Waals surface area contributed by atoms with E-state index in [4.69, 9.17) is 10.2 Å². The Bertz CT molecular complexity index is 301. The molecule has 0 atom stereocenters. The molecular formula is C9H14N2O. The molecule has 0 fully saturated rings. The van der Waals surface area contributed by atoms with Crippen LogP contribution < -0.4 is 5.73 Å². The molecule has 3 heteroatoms. The van der Waals surface area contributed by atoms with E-state index < -0.39 is 0 Å². The molecule has 66 valence electrons. The number of oxazole rings is 1. The summed E-state index contributed by atoms with van der Waals surface area (Å²) in [5.41, 5.74) is 6.71. The molecule has 0 aliphatic heterocycles. The molecule has 0 saturated carbocycles. The second-order valence-corrected chi connectivity index (χ2v) is 4.06. The lowest BCUT2D eigenvalue weighted by Crippen LogP contribution is -2.23. The fourth-order valence-electron chi connectivity index (χ4n) is 1.88. The minimum atomic E-state index is 0.148. The van der Waals surface area contributed by atoms with E-state index in [1.165, 1.54) is 12.8 Å². The van der Waals surface area contributed by atoms with Crippen LogP contribution in [0, 0.1) is 0 Å². The van der Waals surface area contributed by atoms with E-state index in [1.807, 2.05) is 0 Å². The third-order valence-electron chi connectivity index (χ3n) is 2.56. The average Bonchev–Trinajstić information content (AvgIpc) is 2.30. The van der Waals surface area contributed by atoms with Crippen LogP contribution in [0.1, 0.15) is 38.1 Å². The van der Waals surface area contributed by atoms with E-state index in [0.29, 0.717) is 6.01 Å². The van der Waals surface area contributed by atoms with Crippen LogP contribution in [-0.2, 0) is 11.8 Å². The normalized spacial score (nSPS) is 20.5. The van der Waals surface area contributed by atoms with E-state index >= 15 is 0 Å². The lowest BCUT2D eigenvalue weighted by molar-refractivity contribution is 0.387. The number of aromatic nitrogens is 1. The van der Waals surface area contributed by atoms with Crippen LogP contribution >= 0.6 is 0 Å². The quantitative estimate of drug-likeness (QED) is 0.640. The van der Waals surface area contributed by atoms with Crippen molar-refractivity contribution >= 4 is 6.01 Å². The molecule has 0 radical (unpaired) electrons.